The molecule has 0 radical (unpaired) electrons. The number of amides is 1. The highest BCUT2D eigenvalue weighted by molar-refractivity contribution is 5.95. The molecule has 3 aliphatic rings. The summed E-state index contributed by atoms with van der Waals surface area (Å²) >= 11 is 0. The standard InChI is InChI=1S/C19H24F2N2O2/c20-16-7-15(8-17(21)9-16)18(24)23-12-19(13-23)4-3-14(11-25-19)10-22-5-1-2-6-22/h7-9,14H,1-6,10-13H2/t14-/m0/s1. The molecule has 1 aromatic rings. The number of ether oxygens (including phenoxy) is 1. The number of hydrogen-bond donors (Lipinski definition) is 0. The lowest BCUT2D eigenvalue weighted by Gasteiger charge is -2.53. The average Bonchev–Trinajstić information content (AvgIpc) is 3.05. The summed E-state index contributed by atoms with van der Waals surface area (Å²) in [5.41, 5.74) is -0.182. The van der Waals surface area contributed by atoms with Crippen LogP contribution in [0.1, 0.15) is 36.0 Å². The van der Waals surface area contributed by atoms with E-state index in [0.717, 1.165) is 44.2 Å². The first-order valence-electron chi connectivity index (χ1n) is 9.15. The lowest BCUT2D eigenvalue weighted by Crippen LogP contribution is -2.66. The Morgan fingerprint density at radius 3 is 2.44 bits per heavy atom. The predicted molar refractivity (Wildman–Crippen MR) is 89.3 cm³/mol. The highest BCUT2D eigenvalue weighted by atomic mass is 19.1. The van der Waals surface area contributed by atoms with Gasteiger partial charge in [-0.3, -0.25) is 4.79 Å². The van der Waals surface area contributed by atoms with E-state index in [1.807, 2.05) is 0 Å². The molecule has 3 heterocycles. The van der Waals surface area contributed by atoms with Crippen LogP contribution in [0.4, 0.5) is 8.78 Å². The molecule has 4 nitrogen and oxygen atoms in total. The van der Waals surface area contributed by atoms with E-state index in [1.165, 1.54) is 25.9 Å². The smallest absolute Gasteiger partial charge is 0.254 e. The van der Waals surface area contributed by atoms with Gasteiger partial charge in [0.25, 0.3) is 5.91 Å². The third-order valence-electron chi connectivity index (χ3n) is 5.70. The quantitative estimate of drug-likeness (QED) is 0.840. The van der Waals surface area contributed by atoms with Crippen molar-refractivity contribution >= 4 is 5.91 Å². The minimum absolute atomic E-state index is 0.0649. The maximum atomic E-state index is 13.3. The Balaban J connectivity index is 1.29. The summed E-state index contributed by atoms with van der Waals surface area (Å²) in [7, 11) is 0. The first-order chi connectivity index (χ1) is 12.0. The van der Waals surface area contributed by atoms with Crippen LogP contribution in [0.25, 0.3) is 0 Å². The molecule has 0 aliphatic carbocycles. The van der Waals surface area contributed by atoms with Crippen molar-refractivity contribution in [3.05, 3.63) is 35.4 Å². The van der Waals surface area contributed by atoms with Gasteiger partial charge >= 0.3 is 0 Å². The number of nitrogens with zero attached hydrogens (tertiary/aromatic N) is 2. The van der Waals surface area contributed by atoms with E-state index in [9.17, 15) is 13.6 Å². The van der Waals surface area contributed by atoms with E-state index in [-0.39, 0.29) is 17.1 Å². The number of likely N-dealkylation sites (tertiary alicyclic amines) is 2. The summed E-state index contributed by atoms with van der Waals surface area (Å²) in [4.78, 5) is 16.5. The van der Waals surface area contributed by atoms with Crippen LogP contribution in [0.5, 0.6) is 0 Å². The number of carbonyl (C=O) groups excluding carboxylic acids is 1. The zero-order valence-corrected chi connectivity index (χ0v) is 14.3. The van der Waals surface area contributed by atoms with E-state index in [2.05, 4.69) is 4.90 Å². The summed E-state index contributed by atoms with van der Waals surface area (Å²) in [5.74, 6) is -1.20. The molecule has 1 spiro atoms. The van der Waals surface area contributed by atoms with Crippen LogP contribution < -0.4 is 0 Å². The Bertz CT molecular complexity index is 625. The Morgan fingerprint density at radius 2 is 1.84 bits per heavy atom. The number of hydrogen-bond acceptors (Lipinski definition) is 3. The van der Waals surface area contributed by atoms with Gasteiger partial charge in [-0.1, -0.05) is 0 Å². The molecule has 4 rings (SSSR count). The SMILES string of the molecule is O=C(c1cc(F)cc(F)c1)N1CC2(CC[C@@H](CN3CCCC3)CO2)C1. The number of rotatable bonds is 3. The molecule has 0 N–H and O–H groups in total. The molecular weight excluding hydrogens is 326 g/mol. The van der Waals surface area contributed by atoms with Crippen molar-refractivity contribution in [2.75, 3.05) is 39.3 Å². The third kappa shape index (κ3) is 3.55. The van der Waals surface area contributed by atoms with E-state index < -0.39 is 11.6 Å². The highest BCUT2D eigenvalue weighted by Crippen LogP contribution is 2.37. The van der Waals surface area contributed by atoms with E-state index in [0.29, 0.717) is 19.0 Å². The molecule has 1 atom stereocenters. The van der Waals surface area contributed by atoms with E-state index in [4.69, 9.17) is 4.74 Å². The Labute approximate surface area is 146 Å². The number of benzene rings is 1. The van der Waals surface area contributed by atoms with Gasteiger partial charge in [-0.15, -0.1) is 0 Å². The second kappa shape index (κ2) is 6.65. The lowest BCUT2D eigenvalue weighted by molar-refractivity contribution is -0.168. The molecule has 136 valence electrons. The molecule has 0 aromatic heterocycles. The largest absolute Gasteiger partial charge is 0.371 e. The molecule has 3 fully saturated rings. The molecule has 3 aliphatic heterocycles. The molecule has 0 saturated carbocycles. The lowest BCUT2D eigenvalue weighted by atomic mass is 9.82. The van der Waals surface area contributed by atoms with Gasteiger partial charge in [-0.2, -0.15) is 0 Å². The van der Waals surface area contributed by atoms with Crippen LogP contribution in [0.15, 0.2) is 18.2 Å². The van der Waals surface area contributed by atoms with Crippen molar-refractivity contribution in [1.82, 2.24) is 9.80 Å². The van der Waals surface area contributed by atoms with Gasteiger partial charge in [-0.05, 0) is 56.8 Å². The van der Waals surface area contributed by atoms with Crippen molar-refractivity contribution in [3.63, 3.8) is 0 Å². The van der Waals surface area contributed by atoms with Gasteiger partial charge < -0.3 is 14.5 Å². The predicted octanol–water partition coefficient (Wildman–Crippen LogP) is 2.68. The molecule has 0 bridgehead atoms. The fourth-order valence-electron chi connectivity index (χ4n) is 4.29. The minimum atomic E-state index is -0.725. The van der Waals surface area contributed by atoms with Crippen molar-refractivity contribution < 1.29 is 18.3 Å². The fraction of sp³-hybridized carbons (Fsp3) is 0.632. The van der Waals surface area contributed by atoms with Crippen molar-refractivity contribution in [2.45, 2.75) is 31.3 Å². The molecular formula is C19H24F2N2O2. The number of carbonyl (C=O) groups is 1. The van der Waals surface area contributed by atoms with Crippen LogP contribution >= 0.6 is 0 Å². The molecule has 0 unspecified atom stereocenters. The third-order valence-corrected chi connectivity index (χ3v) is 5.70. The van der Waals surface area contributed by atoms with Gasteiger partial charge in [0.1, 0.15) is 17.2 Å². The average molecular weight is 350 g/mol. The Hall–Kier alpha value is -1.53. The second-order valence-corrected chi connectivity index (χ2v) is 7.73. The molecule has 25 heavy (non-hydrogen) atoms. The Morgan fingerprint density at radius 1 is 1.16 bits per heavy atom. The van der Waals surface area contributed by atoms with Crippen molar-refractivity contribution in [2.24, 2.45) is 5.92 Å². The normalized spacial score (nSPS) is 26.0. The van der Waals surface area contributed by atoms with Crippen molar-refractivity contribution in [3.8, 4) is 0 Å². The topological polar surface area (TPSA) is 32.8 Å². The molecule has 6 heteroatoms. The van der Waals surface area contributed by atoms with E-state index >= 15 is 0 Å². The monoisotopic (exact) mass is 350 g/mol. The van der Waals surface area contributed by atoms with Crippen molar-refractivity contribution in [1.29, 1.82) is 0 Å². The Kier molecular flexibility index (Phi) is 4.50. The van der Waals surface area contributed by atoms with Crippen LogP contribution in [0, 0.1) is 17.6 Å². The second-order valence-electron chi connectivity index (χ2n) is 7.73. The zero-order chi connectivity index (χ0) is 17.4. The summed E-state index contributed by atoms with van der Waals surface area (Å²) in [6.45, 7) is 5.29. The molecule has 1 aromatic carbocycles. The van der Waals surface area contributed by atoms with Crippen LogP contribution in [-0.4, -0.2) is 60.6 Å². The van der Waals surface area contributed by atoms with E-state index in [1.54, 1.807) is 4.90 Å². The highest BCUT2D eigenvalue weighted by Gasteiger charge is 2.48. The summed E-state index contributed by atoms with van der Waals surface area (Å²) in [5, 5.41) is 0. The number of halogens is 2. The van der Waals surface area contributed by atoms with Gasteiger partial charge in [-0.25, -0.2) is 8.78 Å². The first-order valence-corrected chi connectivity index (χ1v) is 9.15. The van der Waals surface area contributed by atoms with Crippen LogP contribution in [-0.2, 0) is 4.74 Å². The van der Waals surface area contributed by atoms with Crippen LogP contribution in [0.3, 0.4) is 0 Å². The first kappa shape index (κ1) is 16.9. The van der Waals surface area contributed by atoms with Gasteiger partial charge in [0.15, 0.2) is 0 Å². The van der Waals surface area contributed by atoms with Gasteiger partial charge in [0.2, 0.25) is 0 Å². The van der Waals surface area contributed by atoms with Crippen LogP contribution in [0.2, 0.25) is 0 Å². The summed E-state index contributed by atoms with van der Waals surface area (Å²) < 4.78 is 32.7. The fourth-order valence-corrected chi connectivity index (χ4v) is 4.29. The van der Waals surface area contributed by atoms with Gasteiger partial charge in [0, 0.05) is 18.2 Å². The summed E-state index contributed by atoms with van der Waals surface area (Å²) in [6.07, 6.45) is 4.67. The van der Waals surface area contributed by atoms with Gasteiger partial charge in [0.05, 0.1) is 19.7 Å². The minimum Gasteiger partial charge on any atom is -0.371 e. The zero-order valence-electron chi connectivity index (χ0n) is 14.3. The molecule has 1 amide bonds. The molecule has 3 saturated heterocycles. The maximum Gasteiger partial charge on any atom is 0.254 e. The summed E-state index contributed by atoms with van der Waals surface area (Å²) in [6, 6.07) is 2.95. The maximum absolute atomic E-state index is 13.3.